The molecule has 0 radical (unpaired) electrons. The van der Waals surface area contributed by atoms with E-state index in [1.807, 2.05) is 5.51 Å². The van der Waals surface area contributed by atoms with Gasteiger partial charge in [-0.3, -0.25) is 0 Å². The first-order valence-electron chi connectivity index (χ1n) is 3.79. The van der Waals surface area contributed by atoms with Crippen molar-refractivity contribution in [3.05, 3.63) is 16.6 Å². The van der Waals surface area contributed by atoms with Crippen LogP contribution < -0.4 is 0 Å². The van der Waals surface area contributed by atoms with Gasteiger partial charge in [0.05, 0.1) is 11.2 Å². The number of alkyl halides is 1. The Morgan fingerprint density at radius 1 is 1.73 bits per heavy atom. The first-order chi connectivity index (χ1) is 5.36. The van der Waals surface area contributed by atoms with Crippen LogP contribution in [0, 0.1) is 5.92 Å². The van der Waals surface area contributed by atoms with Gasteiger partial charge in [0, 0.05) is 11.3 Å². The van der Waals surface area contributed by atoms with Gasteiger partial charge in [-0.1, -0.05) is 13.3 Å². The number of rotatable bonds is 4. The minimum Gasteiger partial charge on any atom is -0.250 e. The third-order valence-electron chi connectivity index (χ3n) is 1.78. The summed E-state index contributed by atoms with van der Waals surface area (Å²) < 4.78 is 0. The number of hydrogen-bond donors (Lipinski definition) is 0. The maximum Gasteiger partial charge on any atom is 0.0794 e. The van der Waals surface area contributed by atoms with Crippen molar-refractivity contribution in [1.82, 2.24) is 4.98 Å². The van der Waals surface area contributed by atoms with E-state index in [1.54, 1.807) is 11.3 Å². The quantitative estimate of drug-likeness (QED) is 0.664. The highest BCUT2D eigenvalue weighted by Gasteiger charge is 2.06. The van der Waals surface area contributed by atoms with Crippen LogP contribution in [0.1, 0.15) is 19.0 Å². The molecule has 62 valence electrons. The van der Waals surface area contributed by atoms with E-state index in [-0.39, 0.29) is 0 Å². The summed E-state index contributed by atoms with van der Waals surface area (Å²) in [5.74, 6) is 1.34. The molecule has 0 N–H and O–H groups in total. The maximum absolute atomic E-state index is 5.76. The van der Waals surface area contributed by atoms with Crippen molar-refractivity contribution in [2.75, 3.05) is 5.88 Å². The second-order valence-corrected chi connectivity index (χ2v) is 3.64. The third kappa shape index (κ3) is 2.80. The van der Waals surface area contributed by atoms with Crippen molar-refractivity contribution < 1.29 is 0 Å². The maximum atomic E-state index is 5.76. The van der Waals surface area contributed by atoms with E-state index in [1.165, 1.54) is 5.69 Å². The molecule has 0 aliphatic carbocycles. The molecule has 0 saturated heterocycles. The lowest BCUT2D eigenvalue weighted by atomic mass is 10.0. The van der Waals surface area contributed by atoms with E-state index >= 15 is 0 Å². The molecule has 0 spiro atoms. The molecule has 1 unspecified atom stereocenters. The average Bonchev–Trinajstić information content (AvgIpc) is 2.52. The molecule has 0 fully saturated rings. The molecule has 0 bridgehead atoms. The van der Waals surface area contributed by atoms with Crippen molar-refractivity contribution in [2.45, 2.75) is 19.8 Å². The van der Waals surface area contributed by atoms with Gasteiger partial charge in [0.1, 0.15) is 0 Å². The Labute approximate surface area is 76.4 Å². The van der Waals surface area contributed by atoms with E-state index < -0.39 is 0 Å². The average molecular weight is 190 g/mol. The molecule has 0 amide bonds. The molecule has 1 atom stereocenters. The monoisotopic (exact) mass is 189 g/mol. The minimum atomic E-state index is 0.596. The standard InChI is InChI=1S/C8H12ClNS/c1-2-7(4-9)3-8-5-11-6-10-8/h5-7H,2-4H2,1H3. The zero-order valence-corrected chi connectivity index (χ0v) is 8.16. The van der Waals surface area contributed by atoms with Gasteiger partial charge in [0.15, 0.2) is 0 Å². The van der Waals surface area contributed by atoms with Gasteiger partial charge < -0.3 is 0 Å². The summed E-state index contributed by atoms with van der Waals surface area (Å²) in [5, 5.41) is 2.09. The van der Waals surface area contributed by atoms with Crippen molar-refractivity contribution in [3.8, 4) is 0 Å². The summed E-state index contributed by atoms with van der Waals surface area (Å²) in [6.45, 7) is 2.17. The molecule has 11 heavy (non-hydrogen) atoms. The fraction of sp³-hybridized carbons (Fsp3) is 0.625. The van der Waals surface area contributed by atoms with E-state index in [0.29, 0.717) is 5.92 Å². The first-order valence-corrected chi connectivity index (χ1v) is 5.27. The molecule has 1 heterocycles. The van der Waals surface area contributed by atoms with Crippen molar-refractivity contribution in [3.63, 3.8) is 0 Å². The van der Waals surface area contributed by atoms with E-state index in [9.17, 15) is 0 Å². The van der Waals surface area contributed by atoms with Gasteiger partial charge in [-0.25, -0.2) is 4.98 Å². The lowest BCUT2D eigenvalue weighted by molar-refractivity contribution is 0.560. The lowest BCUT2D eigenvalue weighted by Crippen LogP contribution is -2.04. The van der Waals surface area contributed by atoms with Gasteiger partial charge in [0.2, 0.25) is 0 Å². The lowest BCUT2D eigenvalue weighted by Gasteiger charge is -2.07. The zero-order chi connectivity index (χ0) is 8.10. The highest BCUT2D eigenvalue weighted by molar-refractivity contribution is 7.07. The number of thiazole rings is 1. The fourth-order valence-corrected chi connectivity index (χ4v) is 1.84. The second-order valence-electron chi connectivity index (χ2n) is 2.61. The van der Waals surface area contributed by atoms with Crippen LogP contribution >= 0.6 is 22.9 Å². The van der Waals surface area contributed by atoms with Crippen LogP contribution in [0.5, 0.6) is 0 Å². The summed E-state index contributed by atoms with van der Waals surface area (Å²) in [7, 11) is 0. The van der Waals surface area contributed by atoms with Crippen LogP contribution in [0.3, 0.4) is 0 Å². The van der Waals surface area contributed by atoms with Crippen LogP contribution in [0.25, 0.3) is 0 Å². The Kier molecular flexibility index (Phi) is 3.87. The zero-order valence-electron chi connectivity index (χ0n) is 6.59. The smallest absolute Gasteiger partial charge is 0.0794 e. The molecule has 0 saturated carbocycles. The molecule has 1 rings (SSSR count). The van der Waals surface area contributed by atoms with E-state index in [2.05, 4.69) is 17.3 Å². The Balaban J connectivity index is 2.41. The van der Waals surface area contributed by atoms with E-state index in [4.69, 9.17) is 11.6 Å². The Morgan fingerprint density at radius 2 is 2.55 bits per heavy atom. The highest BCUT2D eigenvalue weighted by atomic mass is 35.5. The summed E-state index contributed by atoms with van der Waals surface area (Å²) in [5.41, 5.74) is 3.05. The molecular weight excluding hydrogens is 178 g/mol. The topological polar surface area (TPSA) is 12.9 Å². The summed E-state index contributed by atoms with van der Waals surface area (Å²) in [4.78, 5) is 4.21. The van der Waals surface area contributed by atoms with Crippen LogP contribution in [-0.4, -0.2) is 10.9 Å². The number of hydrogen-bond acceptors (Lipinski definition) is 2. The molecule has 1 aromatic heterocycles. The molecule has 1 nitrogen and oxygen atoms in total. The van der Waals surface area contributed by atoms with Gasteiger partial charge >= 0.3 is 0 Å². The molecule has 1 aromatic rings. The molecular formula is C8H12ClNS. The number of aromatic nitrogens is 1. The predicted molar refractivity (Wildman–Crippen MR) is 50.3 cm³/mol. The van der Waals surface area contributed by atoms with Crippen LogP contribution in [-0.2, 0) is 6.42 Å². The van der Waals surface area contributed by atoms with Crippen molar-refractivity contribution in [2.24, 2.45) is 5.92 Å². The van der Waals surface area contributed by atoms with Crippen LogP contribution in [0.2, 0.25) is 0 Å². The summed E-state index contributed by atoms with van der Waals surface area (Å²) in [6, 6.07) is 0. The van der Waals surface area contributed by atoms with Crippen molar-refractivity contribution >= 4 is 22.9 Å². The van der Waals surface area contributed by atoms with Gasteiger partial charge in [0.25, 0.3) is 0 Å². The summed E-state index contributed by atoms with van der Waals surface area (Å²) >= 11 is 7.41. The first kappa shape index (κ1) is 9.01. The second kappa shape index (κ2) is 4.73. The molecule has 0 aliphatic heterocycles. The van der Waals surface area contributed by atoms with Gasteiger partial charge in [-0.2, -0.15) is 0 Å². The predicted octanol–water partition coefficient (Wildman–Crippen LogP) is 2.95. The van der Waals surface area contributed by atoms with Gasteiger partial charge in [-0.05, 0) is 12.3 Å². The van der Waals surface area contributed by atoms with E-state index in [0.717, 1.165) is 18.7 Å². The number of nitrogens with zero attached hydrogens (tertiary/aromatic N) is 1. The SMILES string of the molecule is CCC(CCl)Cc1cscn1. The highest BCUT2D eigenvalue weighted by Crippen LogP contribution is 2.13. The van der Waals surface area contributed by atoms with Crippen LogP contribution in [0.4, 0.5) is 0 Å². The van der Waals surface area contributed by atoms with Crippen LogP contribution in [0.15, 0.2) is 10.9 Å². The van der Waals surface area contributed by atoms with Gasteiger partial charge in [-0.15, -0.1) is 22.9 Å². The third-order valence-corrected chi connectivity index (χ3v) is 2.85. The molecule has 0 aliphatic rings. The normalized spacial score (nSPS) is 13.3. The Hall–Kier alpha value is -0.0800. The Morgan fingerprint density at radius 3 is 3.00 bits per heavy atom. The minimum absolute atomic E-state index is 0.596. The molecule has 0 aromatic carbocycles. The summed E-state index contributed by atoms with van der Waals surface area (Å²) in [6.07, 6.45) is 2.17. The van der Waals surface area contributed by atoms with Crippen molar-refractivity contribution in [1.29, 1.82) is 0 Å². The largest absolute Gasteiger partial charge is 0.250 e. The number of halogens is 1. The molecule has 3 heteroatoms. The fourth-order valence-electron chi connectivity index (χ4n) is 0.942. The Bertz CT molecular complexity index is 182.